The molecule has 1 aromatic rings. The number of nitrogens with zero attached hydrogens (tertiary/aromatic N) is 1. The Labute approximate surface area is 137 Å². The van der Waals surface area contributed by atoms with Gasteiger partial charge in [0.15, 0.2) is 6.54 Å². The molecule has 0 aromatic carbocycles. The molecular weight excluding hydrogens is 294 g/mol. The van der Waals surface area contributed by atoms with Crippen LogP contribution in [-0.2, 0) is 4.79 Å². The molecular formula is C16H27N5O2+2. The first-order chi connectivity index (χ1) is 11.1. The van der Waals surface area contributed by atoms with E-state index in [-0.39, 0.29) is 11.9 Å². The van der Waals surface area contributed by atoms with Crippen LogP contribution < -0.4 is 25.4 Å². The van der Waals surface area contributed by atoms with Gasteiger partial charge in [-0.1, -0.05) is 13.0 Å². The van der Waals surface area contributed by atoms with Gasteiger partial charge in [-0.2, -0.15) is 0 Å². The molecule has 1 aliphatic heterocycles. The second kappa shape index (κ2) is 8.47. The van der Waals surface area contributed by atoms with Crippen molar-refractivity contribution >= 4 is 17.8 Å². The van der Waals surface area contributed by atoms with Gasteiger partial charge in [0.25, 0.3) is 11.7 Å². The van der Waals surface area contributed by atoms with Crippen molar-refractivity contribution in [2.24, 2.45) is 0 Å². The Bertz CT molecular complexity index is 514. The van der Waals surface area contributed by atoms with E-state index >= 15 is 0 Å². The van der Waals surface area contributed by atoms with Crippen molar-refractivity contribution in [3.8, 4) is 0 Å². The molecule has 2 rings (SSSR count). The number of carbonyl (C=O) groups excluding carboxylic acids is 2. The molecule has 0 unspecified atom stereocenters. The number of nitrogens with one attached hydrogen (secondary N) is 4. The van der Waals surface area contributed by atoms with Gasteiger partial charge < -0.3 is 10.2 Å². The zero-order valence-electron chi connectivity index (χ0n) is 13.9. The number of aromatic nitrogens is 1. The van der Waals surface area contributed by atoms with Crippen molar-refractivity contribution in [1.82, 2.24) is 10.6 Å². The fraction of sp³-hybridized carbons (Fsp3) is 0.562. The predicted octanol–water partition coefficient (Wildman–Crippen LogP) is -1.17. The van der Waals surface area contributed by atoms with Gasteiger partial charge in [-0.15, -0.1) is 0 Å². The number of imide groups is 1. The smallest absolute Gasteiger partial charge is 0.321 e. The van der Waals surface area contributed by atoms with E-state index in [0.29, 0.717) is 6.54 Å². The van der Waals surface area contributed by atoms with E-state index in [0.717, 1.165) is 38.4 Å². The highest BCUT2D eigenvalue weighted by molar-refractivity contribution is 5.94. The summed E-state index contributed by atoms with van der Waals surface area (Å²) in [6.45, 7) is 7.77. The number of amides is 3. The zero-order chi connectivity index (χ0) is 16.7. The van der Waals surface area contributed by atoms with E-state index in [1.54, 1.807) is 0 Å². The van der Waals surface area contributed by atoms with Crippen LogP contribution in [0.2, 0.25) is 0 Å². The fourth-order valence-electron chi connectivity index (χ4n) is 2.58. The predicted molar refractivity (Wildman–Crippen MR) is 87.2 cm³/mol. The summed E-state index contributed by atoms with van der Waals surface area (Å²) in [4.78, 5) is 30.3. The molecule has 0 saturated carbocycles. The third-order valence-corrected chi connectivity index (χ3v) is 4.16. The lowest BCUT2D eigenvalue weighted by atomic mass is 10.3. The lowest BCUT2D eigenvalue weighted by Crippen LogP contribution is -3.16. The van der Waals surface area contributed by atoms with E-state index in [2.05, 4.69) is 26.6 Å². The largest absolute Gasteiger partial charge is 0.335 e. The average Bonchev–Trinajstić information content (AvgIpc) is 2.56. The van der Waals surface area contributed by atoms with Gasteiger partial charge in [-0.25, -0.2) is 9.78 Å². The number of hydrogen-bond donors (Lipinski definition) is 3. The van der Waals surface area contributed by atoms with Crippen molar-refractivity contribution < 1.29 is 19.5 Å². The summed E-state index contributed by atoms with van der Waals surface area (Å²) in [5.41, 5.74) is 0. The van der Waals surface area contributed by atoms with Crippen LogP contribution in [-0.4, -0.2) is 50.7 Å². The molecule has 2 heterocycles. The summed E-state index contributed by atoms with van der Waals surface area (Å²) in [5, 5.41) is 5.14. The van der Waals surface area contributed by atoms with Crippen LogP contribution >= 0.6 is 0 Å². The molecule has 1 fully saturated rings. The maximum atomic E-state index is 11.9. The third kappa shape index (κ3) is 5.52. The quantitative estimate of drug-likeness (QED) is 0.639. The first-order valence-electron chi connectivity index (χ1n) is 8.24. The van der Waals surface area contributed by atoms with E-state index in [9.17, 15) is 9.59 Å². The number of urea groups is 1. The number of aromatic amines is 1. The summed E-state index contributed by atoms with van der Waals surface area (Å²) < 4.78 is 0. The number of hydrogen-bond acceptors (Lipinski definition) is 3. The van der Waals surface area contributed by atoms with Gasteiger partial charge in [0.2, 0.25) is 0 Å². The van der Waals surface area contributed by atoms with Crippen molar-refractivity contribution in [3.05, 3.63) is 24.4 Å². The molecule has 1 atom stereocenters. The fourth-order valence-corrected chi connectivity index (χ4v) is 2.58. The van der Waals surface area contributed by atoms with Gasteiger partial charge in [0.1, 0.15) is 26.2 Å². The van der Waals surface area contributed by atoms with Crippen LogP contribution in [0.3, 0.4) is 0 Å². The highest BCUT2D eigenvalue weighted by atomic mass is 16.2. The minimum absolute atomic E-state index is 0.0702. The molecule has 126 valence electrons. The Morgan fingerprint density at radius 2 is 2.09 bits per heavy atom. The van der Waals surface area contributed by atoms with Crippen LogP contribution in [0.25, 0.3) is 0 Å². The molecule has 1 aromatic heterocycles. The lowest BCUT2D eigenvalue weighted by molar-refractivity contribution is -0.892. The van der Waals surface area contributed by atoms with Crippen molar-refractivity contribution in [1.29, 1.82) is 0 Å². The molecule has 0 bridgehead atoms. The van der Waals surface area contributed by atoms with Gasteiger partial charge in [0.05, 0.1) is 6.20 Å². The number of quaternary nitrogens is 1. The van der Waals surface area contributed by atoms with Gasteiger partial charge in [-0.05, 0) is 19.4 Å². The standard InChI is InChI=1S/C16H25N5O2/c1-3-13(2)18-16(23)19-15(22)12-20-8-10-21(11-9-20)14-6-4-5-7-17-14/h4-7,13H,3,8-12H2,1-2H3,(H2,18,19,22,23)/p+2/t13-/m1/s1. The van der Waals surface area contributed by atoms with Crippen LogP contribution in [0.4, 0.5) is 10.6 Å². The summed E-state index contributed by atoms with van der Waals surface area (Å²) in [5.74, 6) is 0.879. The van der Waals surface area contributed by atoms with Gasteiger partial charge in [-0.3, -0.25) is 15.0 Å². The number of piperazine rings is 1. The van der Waals surface area contributed by atoms with Gasteiger partial charge >= 0.3 is 6.03 Å². The SMILES string of the molecule is CC[C@@H](C)NC(=O)NC(=O)C[NH+]1CCN(c2cccc[nH+]2)CC1. The molecule has 0 spiro atoms. The molecule has 7 heteroatoms. The van der Waals surface area contributed by atoms with E-state index in [4.69, 9.17) is 0 Å². The van der Waals surface area contributed by atoms with Crippen LogP contribution in [0.5, 0.6) is 0 Å². The average molecular weight is 321 g/mol. The second-order valence-corrected chi connectivity index (χ2v) is 5.99. The number of anilines is 1. The van der Waals surface area contributed by atoms with Crippen LogP contribution in [0, 0.1) is 0 Å². The summed E-state index contributed by atoms with van der Waals surface area (Å²) in [7, 11) is 0. The minimum Gasteiger partial charge on any atom is -0.335 e. The van der Waals surface area contributed by atoms with Crippen molar-refractivity contribution in [3.63, 3.8) is 0 Å². The summed E-state index contributed by atoms with van der Waals surface area (Å²) >= 11 is 0. The first-order valence-corrected chi connectivity index (χ1v) is 8.24. The van der Waals surface area contributed by atoms with Crippen LogP contribution in [0.15, 0.2) is 24.4 Å². The monoisotopic (exact) mass is 321 g/mol. The molecule has 3 amide bonds. The minimum atomic E-state index is -0.402. The summed E-state index contributed by atoms with van der Waals surface area (Å²) in [6.07, 6.45) is 2.75. The molecule has 0 aliphatic carbocycles. The van der Waals surface area contributed by atoms with E-state index in [1.165, 1.54) is 4.90 Å². The zero-order valence-corrected chi connectivity index (χ0v) is 13.9. The molecule has 1 aliphatic rings. The number of H-pyrrole nitrogens is 1. The van der Waals surface area contributed by atoms with Crippen molar-refractivity contribution in [2.75, 3.05) is 37.6 Å². The molecule has 7 nitrogen and oxygen atoms in total. The second-order valence-electron chi connectivity index (χ2n) is 5.99. The normalized spacial score (nSPS) is 16.7. The Hall–Kier alpha value is -2.15. The van der Waals surface area contributed by atoms with Gasteiger partial charge in [0, 0.05) is 12.1 Å². The topological polar surface area (TPSA) is 80.0 Å². The molecule has 1 saturated heterocycles. The maximum absolute atomic E-state index is 11.9. The summed E-state index contributed by atoms with van der Waals surface area (Å²) in [6, 6.07) is 5.69. The van der Waals surface area contributed by atoms with E-state index in [1.807, 2.05) is 32.2 Å². The first kappa shape index (κ1) is 17.2. The number of rotatable bonds is 5. The Morgan fingerprint density at radius 1 is 1.35 bits per heavy atom. The van der Waals surface area contributed by atoms with E-state index < -0.39 is 6.03 Å². The van der Waals surface area contributed by atoms with Crippen molar-refractivity contribution in [2.45, 2.75) is 26.3 Å². The number of carbonyl (C=O) groups is 2. The molecule has 4 N–H and O–H groups in total. The molecule has 23 heavy (non-hydrogen) atoms. The molecule has 0 radical (unpaired) electrons. The lowest BCUT2D eigenvalue weighted by Gasteiger charge is -2.27. The number of pyridine rings is 1. The highest BCUT2D eigenvalue weighted by Crippen LogP contribution is 2.04. The Morgan fingerprint density at radius 3 is 2.70 bits per heavy atom. The Kier molecular flexibility index (Phi) is 6.34. The highest BCUT2D eigenvalue weighted by Gasteiger charge is 2.27. The Balaban J connectivity index is 1.71. The third-order valence-electron chi connectivity index (χ3n) is 4.16. The maximum Gasteiger partial charge on any atom is 0.321 e. The van der Waals surface area contributed by atoms with Crippen LogP contribution in [0.1, 0.15) is 20.3 Å².